The average molecular weight is 334 g/mol. The summed E-state index contributed by atoms with van der Waals surface area (Å²) in [5.74, 6) is 0. The molecule has 2 rings (SSSR count). The van der Waals surface area contributed by atoms with Crippen LogP contribution in [0.5, 0.6) is 0 Å². The molecule has 0 spiro atoms. The number of nitrogens with zero attached hydrogens (tertiary/aromatic N) is 2. The highest BCUT2D eigenvalue weighted by Gasteiger charge is 2.03. The van der Waals surface area contributed by atoms with Crippen LogP contribution in [0.4, 0.5) is 0 Å². The summed E-state index contributed by atoms with van der Waals surface area (Å²) >= 11 is 1.79. The Morgan fingerprint density at radius 1 is 1.09 bits per heavy atom. The van der Waals surface area contributed by atoms with Crippen molar-refractivity contribution in [2.75, 3.05) is 13.1 Å². The summed E-state index contributed by atoms with van der Waals surface area (Å²) in [5, 5.41) is 5.60. The van der Waals surface area contributed by atoms with Gasteiger partial charge in [-0.25, -0.2) is 0 Å². The molecule has 128 valence electrons. The standard InChI is InChI=1S/C16H23N3S.C3H8/c1-3-19(4-2)13-15-10-14(7-8-18-15)11-17-12-16-6-5-9-20-16;1-3-2/h5-10,17H,3-4,11-13H2,1-2H3;3H2,1-2H3. The predicted octanol–water partition coefficient (Wildman–Crippen LogP) is 4.69. The second-order valence-corrected chi connectivity index (χ2v) is 6.54. The monoisotopic (exact) mass is 333 g/mol. The van der Waals surface area contributed by atoms with E-state index in [4.69, 9.17) is 0 Å². The largest absolute Gasteiger partial charge is 0.308 e. The van der Waals surface area contributed by atoms with Crippen molar-refractivity contribution >= 4 is 11.3 Å². The van der Waals surface area contributed by atoms with E-state index in [0.29, 0.717) is 0 Å². The molecule has 2 heterocycles. The third-order valence-electron chi connectivity index (χ3n) is 3.37. The molecule has 2 aromatic rings. The van der Waals surface area contributed by atoms with Crippen LogP contribution in [-0.2, 0) is 19.6 Å². The fourth-order valence-corrected chi connectivity index (χ4v) is 2.82. The normalized spacial score (nSPS) is 10.5. The lowest BCUT2D eigenvalue weighted by Gasteiger charge is -2.17. The Bertz CT molecular complexity index is 507. The van der Waals surface area contributed by atoms with E-state index in [0.717, 1.165) is 38.4 Å². The van der Waals surface area contributed by atoms with Gasteiger partial charge in [0.1, 0.15) is 0 Å². The summed E-state index contributed by atoms with van der Waals surface area (Å²) in [5.41, 5.74) is 2.46. The number of hydrogen-bond donors (Lipinski definition) is 1. The first-order chi connectivity index (χ1) is 11.2. The van der Waals surface area contributed by atoms with Crippen molar-refractivity contribution in [3.63, 3.8) is 0 Å². The van der Waals surface area contributed by atoms with Crippen molar-refractivity contribution in [2.45, 2.75) is 53.8 Å². The zero-order valence-electron chi connectivity index (χ0n) is 15.0. The lowest BCUT2D eigenvalue weighted by atomic mass is 10.2. The van der Waals surface area contributed by atoms with E-state index in [1.54, 1.807) is 11.3 Å². The summed E-state index contributed by atoms with van der Waals surface area (Å²) < 4.78 is 0. The van der Waals surface area contributed by atoms with Crippen LogP contribution >= 0.6 is 11.3 Å². The van der Waals surface area contributed by atoms with E-state index in [2.05, 4.69) is 72.5 Å². The fourth-order valence-electron chi connectivity index (χ4n) is 2.14. The summed E-state index contributed by atoms with van der Waals surface area (Å²) in [4.78, 5) is 8.22. The van der Waals surface area contributed by atoms with Crippen LogP contribution in [0, 0.1) is 0 Å². The minimum absolute atomic E-state index is 0.895. The van der Waals surface area contributed by atoms with Crippen molar-refractivity contribution in [2.24, 2.45) is 0 Å². The summed E-state index contributed by atoms with van der Waals surface area (Å²) in [6, 6.07) is 8.55. The molecule has 0 unspecified atom stereocenters. The molecule has 2 aromatic heterocycles. The van der Waals surface area contributed by atoms with E-state index in [9.17, 15) is 0 Å². The number of nitrogens with one attached hydrogen (secondary N) is 1. The molecule has 3 nitrogen and oxygen atoms in total. The number of hydrogen-bond acceptors (Lipinski definition) is 4. The van der Waals surface area contributed by atoms with E-state index < -0.39 is 0 Å². The van der Waals surface area contributed by atoms with Crippen LogP contribution in [-0.4, -0.2) is 23.0 Å². The highest BCUT2D eigenvalue weighted by Crippen LogP contribution is 2.09. The lowest BCUT2D eigenvalue weighted by molar-refractivity contribution is 0.292. The van der Waals surface area contributed by atoms with Gasteiger partial charge in [0.25, 0.3) is 0 Å². The molecule has 0 aliphatic heterocycles. The van der Waals surface area contributed by atoms with Crippen molar-refractivity contribution in [1.29, 1.82) is 0 Å². The molecule has 0 aromatic carbocycles. The second kappa shape index (κ2) is 12.2. The Labute approximate surface area is 145 Å². The molecule has 0 aliphatic rings. The molecule has 0 atom stereocenters. The van der Waals surface area contributed by atoms with Gasteiger partial charge >= 0.3 is 0 Å². The summed E-state index contributed by atoms with van der Waals surface area (Å²) in [6.45, 7) is 13.5. The highest BCUT2D eigenvalue weighted by molar-refractivity contribution is 7.09. The predicted molar refractivity (Wildman–Crippen MR) is 102 cm³/mol. The van der Waals surface area contributed by atoms with Gasteiger partial charge in [-0.15, -0.1) is 11.3 Å². The minimum Gasteiger partial charge on any atom is -0.308 e. The molecular weight excluding hydrogens is 302 g/mol. The van der Waals surface area contributed by atoms with Crippen LogP contribution in [0.2, 0.25) is 0 Å². The molecule has 23 heavy (non-hydrogen) atoms. The van der Waals surface area contributed by atoms with E-state index in [1.807, 2.05) is 6.20 Å². The first-order valence-corrected chi connectivity index (χ1v) is 9.50. The lowest BCUT2D eigenvalue weighted by Crippen LogP contribution is -2.23. The van der Waals surface area contributed by atoms with Gasteiger partial charge in [-0.05, 0) is 42.2 Å². The molecule has 0 saturated heterocycles. The zero-order valence-corrected chi connectivity index (χ0v) is 15.8. The Morgan fingerprint density at radius 2 is 1.83 bits per heavy atom. The molecule has 0 radical (unpaired) electrons. The molecular formula is C19H31N3S. The average Bonchev–Trinajstić information content (AvgIpc) is 3.07. The maximum atomic E-state index is 4.47. The Morgan fingerprint density at radius 3 is 2.43 bits per heavy atom. The van der Waals surface area contributed by atoms with Gasteiger partial charge < -0.3 is 5.32 Å². The molecule has 1 N–H and O–H groups in total. The minimum atomic E-state index is 0.895. The second-order valence-electron chi connectivity index (χ2n) is 5.51. The number of aromatic nitrogens is 1. The van der Waals surface area contributed by atoms with Crippen molar-refractivity contribution in [1.82, 2.24) is 15.2 Å². The third kappa shape index (κ3) is 8.26. The molecule has 0 amide bonds. The molecule has 0 fully saturated rings. The number of pyridine rings is 1. The van der Waals surface area contributed by atoms with Crippen LogP contribution in [0.25, 0.3) is 0 Å². The summed E-state index contributed by atoms with van der Waals surface area (Å²) in [6.07, 6.45) is 3.17. The highest BCUT2D eigenvalue weighted by atomic mass is 32.1. The summed E-state index contributed by atoms with van der Waals surface area (Å²) in [7, 11) is 0. The first kappa shape index (κ1) is 19.8. The molecule has 4 heteroatoms. The zero-order chi connectivity index (χ0) is 16.9. The van der Waals surface area contributed by atoms with Gasteiger partial charge in [-0.3, -0.25) is 9.88 Å². The van der Waals surface area contributed by atoms with Gasteiger partial charge in [0.05, 0.1) is 5.69 Å². The first-order valence-electron chi connectivity index (χ1n) is 8.62. The Balaban J connectivity index is 0.000000816. The molecule has 0 bridgehead atoms. The van der Waals surface area contributed by atoms with E-state index in [-0.39, 0.29) is 0 Å². The molecule has 0 saturated carbocycles. The van der Waals surface area contributed by atoms with Gasteiger partial charge in [0.2, 0.25) is 0 Å². The van der Waals surface area contributed by atoms with Crippen molar-refractivity contribution in [3.8, 4) is 0 Å². The van der Waals surface area contributed by atoms with Crippen LogP contribution in [0.1, 0.15) is 50.3 Å². The number of rotatable bonds is 8. The SMILES string of the molecule is CCC.CCN(CC)Cc1cc(CNCc2cccs2)ccn1. The smallest absolute Gasteiger partial charge is 0.0547 e. The maximum Gasteiger partial charge on any atom is 0.0547 e. The Hall–Kier alpha value is -1.23. The van der Waals surface area contributed by atoms with Crippen molar-refractivity contribution < 1.29 is 0 Å². The van der Waals surface area contributed by atoms with E-state index >= 15 is 0 Å². The van der Waals surface area contributed by atoms with E-state index in [1.165, 1.54) is 16.9 Å². The quantitative estimate of drug-likeness (QED) is 0.759. The third-order valence-corrected chi connectivity index (χ3v) is 4.25. The fraction of sp³-hybridized carbons (Fsp3) is 0.526. The maximum absolute atomic E-state index is 4.47. The topological polar surface area (TPSA) is 28.2 Å². The van der Waals surface area contributed by atoms with Crippen molar-refractivity contribution in [3.05, 3.63) is 52.0 Å². The van der Waals surface area contributed by atoms with Gasteiger partial charge in [-0.2, -0.15) is 0 Å². The van der Waals surface area contributed by atoms with Gasteiger partial charge in [-0.1, -0.05) is 40.2 Å². The van der Waals surface area contributed by atoms with Gasteiger partial charge in [0, 0.05) is 30.7 Å². The molecule has 0 aliphatic carbocycles. The van der Waals surface area contributed by atoms with Crippen LogP contribution in [0.15, 0.2) is 35.8 Å². The van der Waals surface area contributed by atoms with Crippen LogP contribution < -0.4 is 5.32 Å². The van der Waals surface area contributed by atoms with Gasteiger partial charge in [0.15, 0.2) is 0 Å². The van der Waals surface area contributed by atoms with Crippen LogP contribution in [0.3, 0.4) is 0 Å². The Kier molecular flexibility index (Phi) is 10.5. The number of thiophene rings is 1.